The lowest BCUT2D eigenvalue weighted by molar-refractivity contribution is 0.310. The first-order chi connectivity index (χ1) is 12.3. The molecule has 0 radical (unpaired) electrons. The van der Waals surface area contributed by atoms with Gasteiger partial charge in [0, 0.05) is 31.7 Å². The summed E-state index contributed by atoms with van der Waals surface area (Å²) in [6.45, 7) is 8.04. The maximum absolute atomic E-state index is 3.93. The molecule has 2 aromatic rings. The van der Waals surface area contributed by atoms with Gasteiger partial charge >= 0.3 is 0 Å². The lowest BCUT2D eigenvalue weighted by atomic mass is 9.95. The van der Waals surface area contributed by atoms with Crippen molar-refractivity contribution < 1.29 is 0 Å². The van der Waals surface area contributed by atoms with E-state index in [-0.39, 0.29) is 0 Å². The van der Waals surface area contributed by atoms with Crippen LogP contribution in [0.5, 0.6) is 0 Å². The van der Waals surface area contributed by atoms with E-state index in [9.17, 15) is 0 Å². The van der Waals surface area contributed by atoms with Crippen molar-refractivity contribution in [1.29, 1.82) is 0 Å². The van der Waals surface area contributed by atoms with E-state index in [1.54, 1.807) is 0 Å². The van der Waals surface area contributed by atoms with Gasteiger partial charge in [0.05, 0.1) is 0 Å². The molecule has 0 aliphatic carbocycles. The Bertz CT molecular complexity index is 611. The molecule has 1 heterocycles. The van der Waals surface area contributed by atoms with Crippen molar-refractivity contribution in [1.82, 2.24) is 10.2 Å². The number of hydrogen-bond donors (Lipinski definition) is 1. The van der Waals surface area contributed by atoms with Gasteiger partial charge in [-0.25, -0.2) is 0 Å². The maximum atomic E-state index is 3.93. The minimum absolute atomic E-state index is 0.409. The lowest BCUT2D eigenvalue weighted by Crippen LogP contribution is -2.38. The summed E-state index contributed by atoms with van der Waals surface area (Å²) in [5.74, 6) is 0.759. The summed E-state index contributed by atoms with van der Waals surface area (Å²) in [5.41, 5.74) is 2.81. The number of unbranched alkanes of at least 4 members (excludes halogenated alkanes) is 1. The molecule has 2 heteroatoms. The van der Waals surface area contributed by atoms with Crippen molar-refractivity contribution in [3.05, 3.63) is 71.8 Å². The summed E-state index contributed by atoms with van der Waals surface area (Å²) >= 11 is 0. The summed E-state index contributed by atoms with van der Waals surface area (Å²) in [6, 6.07) is 22.7. The van der Waals surface area contributed by atoms with Gasteiger partial charge in [0.25, 0.3) is 0 Å². The fourth-order valence-electron chi connectivity index (χ4n) is 4.04. The molecule has 134 valence electrons. The molecule has 0 spiro atoms. The SMILES string of the molecule is CCCC[C@H]1CN(Cc2ccccc2)C[C@H]1N[C@H](C)c1ccccc1. The van der Waals surface area contributed by atoms with Crippen molar-refractivity contribution in [3.8, 4) is 0 Å². The van der Waals surface area contributed by atoms with Crippen LogP contribution in [-0.4, -0.2) is 24.0 Å². The predicted molar refractivity (Wildman–Crippen MR) is 107 cm³/mol. The smallest absolute Gasteiger partial charge is 0.0295 e. The molecule has 1 aliphatic heterocycles. The first kappa shape index (κ1) is 18.2. The van der Waals surface area contributed by atoms with Crippen LogP contribution in [0.4, 0.5) is 0 Å². The van der Waals surface area contributed by atoms with Crippen LogP contribution in [0.15, 0.2) is 60.7 Å². The van der Waals surface area contributed by atoms with Gasteiger partial charge in [0.1, 0.15) is 0 Å². The quantitative estimate of drug-likeness (QED) is 0.727. The van der Waals surface area contributed by atoms with E-state index in [0.29, 0.717) is 12.1 Å². The van der Waals surface area contributed by atoms with Crippen LogP contribution in [0.3, 0.4) is 0 Å². The Morgan fingerprint density at radius 1 is 1.00 bits per heavy atom. The molecule has 25 heavy (non-hydrogen) atoms. The van der Waals surface area contributed by atoms with Crippen molar-refractivity contribution >= 4 is 0 Å². The van der Waals surface area contributed by atoms with Gasteiger partial charge in [-0.3, -0.25) is 4.90 Å². The van der Waals surface area contributed by atoms with E-state index in [1.807, 2.05) is 0 Å². The lowest BCUT2D eigenvalue weighted by Gasteiger charge is -2.24. The molecule has 0 saturated carbocycles. The molecule has 0 unspecified atom stereocenters. The summed E-state index contributed by atoms with van der Waals surface area (Å²) in [6.07, 6.45) is 3.96. The molecular formula is C23H32N2. The fourth-order valence-corrected chi connectivity index (χ4v) is 4.04. The number of rotatable bonds is 8. The Balaban J connectivity index is 1.63. The molecule has 1 saturated heterocycles. The van der Waals surface area contributed by atoms with Gasteiger partial charge in [0.15, 0.2) is 0 Å². The molecule has 1 fully saturated rings. The van der Waals surface area contributed by atoms with E-state index in [4.69, 9.17) is 0 Å². The van der Waals surface area contributed by atoms with Gasteiger partial charge < -0.3 is 5.32 Å². The third-order valence-electron chi connectivity index (χ3n) is 5.46. The second-order valence-electron chi connectivity index (χ2n) is 7.49. The highest BCUT2D eigenvalue weighted by molar-refractivity contribution is 5.19. The van der Waals surface area contributed by atoms with Crippen LogP contribution in [0.25, 0.3) is 0 Å². The minimum atomic E-state index is 0.409. The van der Waals surface area contributed by atoms with Gasteiger partial charge in [-0.1, -0.05) is 80.4 Å². The number of hydrogen-bond acceptors (Lipinski definition) is 2. The van der Waals surface area contributed by atoms with Crippen molar-refractivity contribution in [2.75, 3.05) is 13.1 Å². The van der Waals surface area contributed by atoms with Crippen LogP contribution in [-0.2, 0) is 6.54 Å². The molecule has 0 bridgehead atoms. The molecule has 3 rings (SSSR count). The van der Waals surface area contributed by atoms with E-state index in [2.05, 4.69) is 84.7 Å². The second-order valence-corrected chi connectivity index (χ2v) is 7.49. The van der Waals surface area contributed by atoms with Gasteiger partial charge in [-0.15, -0.1) is 0 Å². The van der Waals surface area contributed by atoms with Crippen LogP contribution in [0.2, 0.25) is 0 Å². The maximum Gasteiger partial charge on any atom is 0.0295 e. The second kappa shape index (κ2) is 9.17. The van der Waals surface area contributed by atoms with Crippen LogP contribution in [0, 0.1) is 5.92 Å². The standard InChI is InChI=1S/C23H32N2/c1-3-4-13-22-17-25(16-20-11-7-5-8-12-20)18-23(22)24-19(2)21-14-9-6-10-15-21/h5-12,14-15,19,22-24H,3-4,13,16-18H2,1-2H3/t19-,22+,23-/m1/s1. The summed E-state index contributed by atoms with van der Waals surface area (Å²) in [7, 11) is 0. The molecule has 0 aromatic heterocycles. The molecule has 3 atom stereocenters. The van der Waals surface area contributed by atoms with E-state index in [1.165, 1.54) is 36.9 Å². The Morgan fingerprint density at radius 3 is 2.36 bits per heavy atom. The Hall–Kier alpha value is -1.64. The third-order valence-corrected chi connectivity index (χ3v) is 5.46. The van der Waals surface area contributed by atoms with Gasteiger partial charge in [-0.2, -0.15) is 0 Å². The van der Waals surface area contributed by atoms with Crippen molar-refractivity contribution in [2.45, 2.75) is 51.7 Å². The molecule has 1 aliphatic rings. The summed E-state index contributed by atoms with van der Waals surface area (Å²) in [5, 5.41) is 3.93. The number of benzene rings is 2. The Morgan fingerprint density at radius 2 is 1.68 bits per heavy atom. The van der Waals surface area contributed by atoms with E-state index < -0.39 is 0 Å². The Kier molecular flexibility index (Phi) is 6.66. The highest BCUT2D eigenvalue weighted by Crippen LogP contribution is 2.26. The van der Waals surface area contributed by atoms with Crippen LogP contribution < -0.4 is 5.32 Å². The van der Waals surface area contributed by atoms with E-state index in [0.717, 1.165) is 19.0 Å². The zero-order valence-corrected chi connectivity index (χ0v) is 15.7. The largest absolute Gasteiger partial charge is 0.306 e. The number of likely N-dealkylation sites (tertiary alicyclic amines) is 1. The number of nitrogens with zero attached hydrogens (tertiary/aromatic N) is 1. The average molecular weight is 337 g/mol. The molecule has 0 amide bonds. The predicted octanol–water partition coefficient (Wildman–Crippen LogP) is 5.03. The first-order valence-corrected chi connectivity index (χ1v) is 9.83. The van der Waals surface area contributed by atoms with Crippen molar-refractivity contribution in [3.63, 3.8) is 0 Å². The van der Waals surface area contributed by atoms with Crippen LogP contribution >= 0.6 is 0 Å². The fraction of sp³-hybridized carbons (Fsp3) is 0.478. The normalized spacial score (nSPS) is 22.2. The third kappa shape index (κ3) is 5.17. The molecule has 2 aromatic carbocycles. The van der Waals surface area contributed by atoms with Gasteiger partial charge in [-0.05, 0) is 30.4 Å². The average Bonchev–Trinajstić information content (AvgIpc) is 3.02. The molecule has 2 nitrogen and oxygen atoms in total. The Labute approximate surface area is 153 Å². The molecule has 1 N–H and O–H groups in total. The van der Waals surface area contributed by atoms with E-state index >= 15 is 0 Å². The number of nitrogens with one attached hydrogen (secondary N) is 1. The zero-order valence-electron chi connectivity index (χ0n) is 15.7. The zero-order chi connectivity index (χ0) is 17.5. The van der Waals surface area contributed by atoms with Crippen molar-refractivity contribution in [2.24, 2.45) is 5.92 Å². The summed E-state index contributed by atoms with van der Waals surface area (Å²) < 4.78 is 0. The molecular weight excluding hydrogens is 304 g/mol. The first-order valence-electron chi connectivity index (χ1n) is 9.83. The topological polar surface area (TPSA) is 15.3 Å². The monoisotopic (exact) mass is 336 g/mol. The summed E-state index contributed by atoms with van der Waals surface area (Å²) in [4.78, 5) is 2.63. The van der Waals surface area contributed by atoms with Crippen LogP contribution in [0.1, 0.15) is 50.3 Å². The minimum Gasteiger partial charge on any atom is -0.306 e. The highest BCUT2D eigenvalue weighted by atomic mass is 15.2. The van der Waals surface area contributed by atoms with Gasteiger partial charge in [0.2, 0.25) is 0 Å². The highest BCUT2D eigenvalue weighted by Gasteiger charge is 2.32.